The molecule has 3 amide bonds. The summed E-state index contributed by atoms with van der Waals surface area (Å²) >= 11 is 12.0. The number of amides is 3. The van der Waals surface area contributed by atoms with Crippen molar-refractivity contribution >= 4 is 40.9 Å². The first-order chi connectivity index (χ1) is 13.5. The van der Waals surface area contributed by atoms with Gasteiger partial charge in [-0.15, -0.1) is 0 Å². The van der Waals surface area contributed by atoms with Crippen LogP contribution in [0.1, 0.15) is 11.3 Å². The van der Waals surface area contributed by atoms with E-state index in [4.69, 9.17) is 27.6 Å². The molecule has 3 aromatic rings. The number of imide groups is 1. The molecule has 0 aliphatic carbocycles. The van der Waals surface area contributed by atoms with E-state index in [0.717, 1.165) is 16.0 Å². The third kappa shape index (κ3) is 3.72. The molecule has 1 aromatic heterocycles. The fraction of sp³-hybridized carbons (Fsp3) is 0.0952. The minimum atomic E-state index is -0.555. The quantitative estimate of drug-likeness (QED) is 0.563. The van der Waals surface area contributed by atoms with Gasteiger partial charge in [-0.2, -0.15) is 4.99 Å². The zero-order valence-electron chi connectivity index (χ0n) is 14.6. The van der Waals surface area contributed by atoms with Gasteiger partial charge in [0.15, 0.2) is 0 Å². The highest BCUT2D eigenvalue weighted by Gasteiger charge is 2.33. The molecule has 140 valence electrons. The van der Waals surface area contributed by atoms with Crippen LogP contribution in [0.2, 0.25) is 10.0 Å². The van der Waals surface area contributed by atoms with Gasteiger partial charge in [-0.1, -0.05) is 53.5 Å². The van der Waals surface area contributed by atoms with Crippen molar-refractivity contribution in [3.8, 4) is 11.3 Å². The maximum Gasteiger partial charge on any atom is 0.351 e. The lowest BCUT2D eigenvalue weighted by Gasteiger charge is -2.12. The largest absolute Gasteiger partial charge is 0.461 e. The monoisotopic (exact) mass is 412 g/mol. The normalized spacial score (nSPS) is 13.9. The van der Waals surface area contributed by atoms with Gasteiger partial charge >= 0.3 is 6.03 Å². The number of nitrogens with zero attached hydrogens (tertiary/aromatic N) is 2. The van der Waals surface area contributed by atoms with Crippen LogP contribution >= 0.6 is 23.2 Å². The summed E-state index contributed by atoms with van der Waals surface area (Å²) in [6.07, 6.45) is 0.136. The summed E-state index contributed by atoms with van der Waals surface area (Å²) in [6.45, 7) is 0.193. The van der Waals surface area contributed by atoms with Crippen molar-refractivity contribution in [2.75, 3.05) is 0 Å². The highest BCUT2D eigenvalue weighted by atomic mass is 35.5. The van der Waals surface area contributed by atoms with Crippen LogP contribution in [0, 0.1) is 0 Å². The van der Waals surface area contributed by atoms with Gasteiger partial charge in [0.05, 0.1) is 23.0 Å². The molecule has 0 spiro atoms. The summed E-state index contributed by atoms with van der Waals surface area (Å²) in [6, 6.07) is 17.5. The molecule has 1 aliphatic heterocycles. The third-order valence-electron chi connectivity index (χ3n) is 4.34. The Balaban J connectivity index is 1.48. The zero-order valence-corrected chi connectivity index (χ0v) is 16.1. The first kappa shape index (κ1) is 18.5. The number of benzene rings is 2. The van der Waals surface area contributed by atoms with Crippen molar-refractivity contribution in [3.05, 3.63) is 82.0 Å². The van der Waals surface area contributed by atoms with E-state index in [-0.39, 0.29) is 18.7 Å². The van der Waals surface area contributed by atoms with Crippen LogP contribution in [0.3, 0.4) is 0 Å². The highest BCUT2D eigenvalue weighted by Crippen LogP contribution is 2.30. The number of carbonyl (C=O) groups is 2. The number of furan rings is 1. The average molecular weight is 413 g/mol. The fourth-order valence-electron chi connectivity index (χ4n) is 2.93. The lowest BCUT2D eigenvalue weighted by atomic mass is 10.1. The molecule has 2 aromatic carbocycles. The van der Waals surface area contributed by atoms with Gasteiger partial charge in [-0.05, 0) is 35.9 Å². The van der Waals surface area contributed by atoms with E-state index < -0.39 is 11.9 Å². The Hall–Kier alpha value is -2.89. The second kappa shape index (κ2) is 7.62. The van der Waals surface area contributed by atoms with Crippen molar-refractivity contribution in [2.24, 2.45) is 4.99 Å². The van der Waals surface area contributed by atoms with Crippen LogP contribution in [-0.2, 0) is 17.8 Å². The van der Waals surface area contributed by atoms with Gasteiger partial charge in [0.1, 0.15) is 17.2 Å². The Morgan fingerprint density at radius 2 is 1.71 bits per heavy atom. The summed E-state index contributed by atoms with van der Waals surface area (Å²) in [4.78, 5) is 29.8. The molecular formula is C21H14Cl2N2O3. The summed E-state index contributed by atoms with van der Waals surface area (Å²) in [7, 11) is 0. The maximum atomic E-state index is 12.6. The number of hydrogen-bond acceptors (Lipinski definition) is 3. The van der Waals surface area contributed by atoms with Crippen LogP contribution in [0.15, 0.2) is 70.1 Å². The number of halogens is 2. The van der Waals surface area contributed by atoms with E-state index in [0.29, 0.717) is 21.6 Å². The minimum Gasteiger partial charge on any atom is -0.461 e. The highest BCUT2D eigenvalue weighted by molar-refractivity contribution is 6.46. The first-order valence-corrected chi connectivity index (χ1v) is 9.28. The molecule has 28 heavy (non-hydrogen) atoms. The summed E-state index contributed by atoms with van der Waals surface area (Å²) in [5.74, 6) is 0.718. The second-order valence-electron chi connectivity index (χ2n) is 6.29. The van der Waals surface area contributed by atoms with Crippen molar-refractivity contribution in [2.45, 2.75) is 13.0 Å². The van der Waals surface area contributed by atoms with E-state index in [1.807, 2.05) is 30.3 Å². The second-order valence-corrected chi connectivity index (χ2v) is 7.10. The van der Waals surface area contributed by atoms with Crippen molar-refractivity contribution < 1.29 is 14.0 Å². The predicted molar refractivity (Wildman–Crippen MR) is 108 cm³/mol. The summed E-state index contributed by atoms with van der Waals surface area (Å²) in [5, 5.41) is 0.884. The Morgan fingerprint density at radius 1 is 0.929 bits per heavy atom. The molecule has 0 unspecified atom stereocenters. The van der Waals surface area contributed by atoms with Crippen LogP contribution in [0.25, 0.3) is 11.3 Å². The number of rotatable bonds is 5. The molecule has 1 aliphatic rings. The van der Waals surface area contributed by atoms with E-state index in [9.17, 15) is 9.59 Å². The van der Waals surface area contributed by atoms with Gasteiger partial charge in [0.2, 0.25) is 0 Å². The Bertz CT molecular complexity index is 1090. The number of urea groups is 1. The van der Waals surface area contributed by atoms with Crippen molar-refractivity contribution in [3.63, 3.8) is 0 Å². The van der Waals surface area contributed by atoms with Gasteiger partial charge in [-0.25, -0.2) is 4.79 Å². The summed E-state index contributed by atoms with van der Waals surface area (Å²) in [5.41, 5.74) is 1.79. The molecule has 0 radical (unpaired) electrons. The minimum absolute atomic E-state index is 0.136. The summed E-state index contributed by atoms with van der Waals surface area (Å²) < 4.78 is 5.80. The average Bonchev–Trinajstić information content (AvgIpc) is 3.25. The van der Waals surface area contributed by atoms with E-state index in [1.165, 1.54) is 0 Å². The SMILES string of the molecule is O=C1N=C(Cc2ccc(-c3ccc(Cl)c(Cl)c3)o2)C(=O)N1Cc1ccccc1. The van der Waals surface area contributed by atoms with Gasteiger partial charge in [0, 0.05) is 5.56 Å². The fourth-order valence-corrected chi connectivity index (χ4v) is 3.23. The molecule has 0 saturated carbocycles. The van der Waals surface area contributed by atoms with Gasteiger partial charge in [0.25, 0.3) is 5.91 Å². The number of hydrogen-bond donors (Lipinski definition) is 0. The lowest BCUT2D eigenvalue weighted by molar-refractivity contribution is -0.121. The van der Waals surface area contributed by atoms with Gasteiger partial charge < -0.3 is 4.42 Å². The molecule has 0 fully saturated rings. The van der Waals surface area contributed by atoms with Crippen molar-refractivity contribution in [1.82, 2.24) is 4.90 Å². The molecule has 7 heteroatoms. The van der Waals surface area contributed by atoms with Crippen LogP contribution in [0.5, 0.6) is 0 Å². The molecule has 5 nitrogen and oxygen atoms in total. The standard InChI is InChI=1S/C21H14Cl2N2O3/c22-16-8-6-14(10-17(16)23)19-9-7-15(28-19)11-18-20(26)25(21(27)24-18)12-13-4-2-1-3-5-13/h1-10H,11-12H2. The number of carbonyl (C=O) groups excluding carboxylic acids is 2. The number of aliphatic imine (C=N–C) groups is 1. The Labute approximate surface area is 171 Å². The Morgan fingerprint density at radius 3 is 2.46 bits per heavy atom. The topological polar surface area (TPSA) is 62.9 Å². The first-order valence-electron chi connectivity index (χ1n) is 8.53. The molecule has 2 heterocycles. The predicted octanol–water partition coefficient (Wildman–Crippen LogP) is 5.40. The molecule has 0 saturated heterocycles. The molecule has 0 N–H and O–H groups in total. The smallest absolute Gasteiger partial charge is 0.351 e. The molecule has 0 bridgehead atoms. The molecular weight excluding hydrogens is 399 g/mol. The van der Waals surface area contributed by atoms with Crippen LogP contribution in [0.4, 0.5) is 4.79 Å². The molecule has 4 rings (SSSR count). The van der Waals surface area contributed by atoms with E-state index >= 15 is 0 Å². The van der Waals surface area contributed by atoms with Gasteiger partial charge in [-0.3, -0.25) is 9.69 Å². The van der Waals surface area contributed by atoms with Crippen LogP contribution in [-0.4, -0.2) is 22.5 Å². The Kier molecular flexibility index (Phi) is 5.03. The maximum absolute atomic E-state index is 12.6. The van der Waals surface area contributed by atoms with Crippen LogP contribution < -0.4 is 0 Å². The van der Waals surface area contributed by atoms with E-state index in [1.54, 1.807) is 30.3 Å². The lowest BCUT2D eigenvalue weighted by Crippen LogP contribution is -2.32. The van der Waals surface area contributed by atoms with Crippen molar-refractivity contribution in [1.29, 1.82) is 0 Å². The third-order valence-corrected chi connectivity index (χ3v) is 5.08. The molecule has 0 atom stereocenters. The zero-order chi connectivity index (χ0) is 19.7. The van der Waals surface area contributed by atoms with E-state index in [2.05, 4.69) is 4.99 Å².